The summed E-state index contributed by atoms with van der Waals surface area (Å²) in [5.74, 6) is -5.94. The summed E-state index contributed by atoms with van der Waals surface area (Å²) < 4.78 is 106. The molecule has 2 heterocycles. The fourth-order valence-electron chi connectivity index (χ4n) is 4.71. The van der Waals surface area contributed by atoms with Crippen LogP contribution in [0, 0.1) is 0 Å². The number of rotatable bonds is 14. The first-order valence-electron chi connectivity index (χ1n) is 14.2. The number of hydrogen-bond acceptors (Lipinski definition) is 21. The van der Waals surface area contributed by atoms with Crippen LogP contribution in [0.15, 0.2) is 0 Å². The topological polar surface area (TPSA) is 272 Å². The van der Waals surface area contributed by atoms with Gasteiger partial charge in [0, 0.05) is 41.5 Å². The third kappa shape index (κ3) is 13.7. The molecule has 0 saturated carbocycles. The van der Waals surface area contributed by atoms with Gasteiger partial charge in [0.15, 0.2) is 36.6 Å². The number of carbonyl (C=O) groups is 6. The van der Waals surface area contributed by atoms with E-state index < -0.39 is 131 Å². The molecule has 0 aliphatic carbocycles. The highest BCUT2D eigenvalue weighted by atomic mass is 32.2. The van der Waals surface area contributed by atoms with Gasteiger partial charge in [-0.05, 0) is 0 Å². The molecule has 2 saturated heterocycles. The van der Waals surface area contributed by atoms with Crippen molar-refractivity contribution in [2.45, 2.75) is 103 Å². The van der Waals surface area contributed by atoms with Crippen LogP contribution in [-0.4, -0.2) is 140 Å². The fraction of sp³-hybridized carbons (Fsp3) is 0.769. The van der Waals surface area contributed by atoms with E-state index in [2.05, 4.69) is 0 Å². The first kappa shape index (κ1) is 41.7. The normalized spacial score (nSPS) is 30.3. The van der Waals surface area contributed by atoms with Crippen LogP contribution in [0.3, 0.4) is 0 Å². The molecule has 2 aliphatic rings. The number of ether oxygens (including phenoxy) is 9. The Morgan fingerprint density at radius 2 is 0.694 bits per heavy atom. The van der Waals surface area contributed by atoms with E-state index in [1.54, 1.807) is 0 Å². The summed E-state index contributed by atoms with van der Waals surface area (Å²) in [6.07, 6.45) is -16.4. The van der Waals surface area contributed by atoms with Crippen molar-refractivity contribution < 1.29 is 96.6 Å². The van der Waals surface area contributed by atoms with E-state index in [9.17, 15) is 45.6 Å². The molecule has 2 rings (SSSR count). The monoisotopic (exact) mass is 750 g/mol. The molecule has 0 radical (unpaired) electrons. The van der Waals surface area contributed by atoms with Gasteiger partial charge in [0.05, 0.1) is 25.7 Å². The maximum atomic E-state index is 12.2. The zero-order valence-corrected chi connectivity index (χ0v) is 29.2. The van der Waals surface area contributed by atoms with E-state index in [0.717, 1.165) is 41.5 Å². The largest absolute Gasteiger partial charge is 0.456 e. The third-order valence-corrected chi connectivity index (χ3v) is 7.28. The van der Waals surface area contributed by atoms with Gasteiger partial charge in [-0.25, -0.2) is 0 Å². The molecule has 23 heteroatoms. The van der Waals surface area contributed by atoms with E-state index in [-0.39, 0.29) is 0 Å². The molecular formula is C26H38O21S2. The highest BCUT2D eigenvalue weighted by Gasteiger charge is 2.57. The third-order valence-electron chi connectivity index (χ3n) is 6.16. The van der Waals surface area contributed by atoms with E-state index in [1.165, 1.54) is 0 Å². The van der Waals surface area contributed by atoms with E-state index in [0.29, 0.717) is 12.5 Å². The summed E-state index contributed by atoms with van der Waals surface area (Å²) in [7, 11) is -8.33. The Labute approximate surface area is 281 Å². The van der Waals surface area contributed by atoms with Crippen LogP contribution >= 0.6 is 0 Å². The lowest BCUT2D eigenvalue weighted by Crippen LogP contribution is -2.66. The second-order valence-electron chi connectivity index (χ2n) is 10.6. The Balaban J connectivity index is 2.74. The van der Waals surface area contributed by atoms with Gasteiger partial charge in [-0.3, -0.25) is 37.1 Å². The molecule has 0 amide bonds. The first-order valence-corrected chi connectivity index (χ1v) is 17.8. The molecule has 0 aromatic rings. The van der Waals surface area contributed by atoms with Crippen molar-refractivity contribution in [3.8, 4) is 0 Å². The van der Waals surface area contributed by atoms with Crippen LogP contribution in [0.4, 0.5) is 0 Å². The van der Waals surface area contributed by atoms with Crippen LogP contribution in [0.1, 0.15) is 41.5 Å². The van der Waals surface area contributed by atoms with Gasteiger partial charge < -0.3 is 42.6 Å². The van der Waals surface area contributed by atoms with Crippen molar-refractivity contribution in [1.29, 1.82) is 0 Å². The second-order valence-corrected chi connectivity index (χ2v) is 13.9. The number of hydrogen-bond donors (Lipinski definition) is 0. The van der Waals surface area contributed by atoms with Gasteiger partial charge in [-0.2, -0.15) is 16.8 Å². The van der Waals surface area contributed by atoms with E-state index in [1.807, 2.05) is 0 Å². The fourth-order valence-corrected chi connectivity index (χ4v) is 5.47. The van der Waals surface area contributed by atoms with Gasteiger partial charge in [-0.15, -0.1) is 0 Å². The number of esters is 6. The highest BCUT2D eigenvalue weighted by Crippen LogP contribution is 2.35. The van der Waals surface area contributed by atoms with Crippen LogP contribution in [-0.2, 0) is 100 Å². The van der Waals surface area contributed by atoms with Gasteiger partial charge in [0.25, 0.3) is 20.2 Å². The molecular weight excluding hydrogens is 712 g/mol. The molecule has 0 spiro atoms. The minimum absolute atomic E-state index is 0.697. The zero-order chi connectivity index (χ0) is 37.4. The second kappa shape index (κ2) is 17.4. The first-order chi connectivity index (χ1) is 22.5. The van der Waals surface area contributed by atoms with Gasteiger partial charge in [-0.1, -0.05) is 0 Å². The summed E-state index contributed by atoms with van der Waals surface area (Å²) in [5, 5.41) is 0. The van der Waals surface area contributed by atoms with Crippen LogP contribution in [0.25, 0.3) is 0 Å². The molecule has 2 fully saturated rings. The van der Waals surface area contributed by atoms with Gasteiger partial charge >= 0.3 is 35.8 Å². The summed E-state index contributed by atoms with van der Waals surface area (Å²) in [6.45, 7) is 3.97. The lowest BCUT2D eigenvalue weighted by molar-refractivity contribution is -0.376. The van der Waals surface area contributed by atoms with Crippen molar-refractivity contribution in [1.82, 2.24) is 0 Å². The zero-order valence-electron chi connectivity index (χ0n) is 27.6. The molecule has 0 aromatic carbocycles. The van der Waals surface area contributed by atoms with Gasteiger partial charge in [0.1, 0.15) is 12.2 Å². The van der Waals surface area contributed by atoms with Crippen molar-refractivity contribution >= 4 is 56.1 Å². The SMILES string of the molecule is CC(=O)OC1C(COS(C)(=O)=O)OC(OC2OC(COS(C)(=O)=O)C(OC(C)=O)C(OC(C)=O)C2OC(C)=O)C(OC(C)=O)C1OC(C)=O. The molecule has 0 aromatic heterocycles. The van der Waals surface area contributed by atoms with Crippen LogP contribution in [0.5, 0.6) is 0 Å². The molecule has 280 valence electrons. The van der Waals surface area contributed by atoms with Crippen LogP contribution < -0.4 is 0 Å². The molecule has 21 nitrogen and oxygen atoms in total. The van der Waals surface area contributed by atoms with Gasteiger partial charge in [0.2, 0.25) is 12.6 Å². The quantitative estimate of drug-likeness (QED) is 0.105. The highest BCUT2D eigenvalue weighted by molar-refractivity contribution is 7.86. The summed E-state index contributed by atoms with van der Waals surface area (Å²) in [4.78, 5) is 73.0. The molecule has 0 bridgehead atoms. The summed E-state index contributed by atoms with van der Waals surface area (Å²) in [5.41, 5.74) is 0. The van der Waals surface area contributed by atoms with Crippen molar-refractivity contribution in [3.05, 3.63) is 0 Å². The smallest absolute Gasteiger partial charge is 0.303 e. The minimum atomic E-state index is -4.17. The average Bonchev–Trinajstić information content (AvgIpc) is 2.90. The lowest BCUT2D eigenvalue weighted by atomic mass is 9.97. The predicted octanol–water partition coefficient (Wildman–Crippen LogP) is -2.00. The Morgan fingerprint density at radius 1 is 0.449 bits per heavy atom. The van der Waals surface area contributed by atoms with Crippen molar-refractivity contribution in [2.75, 3.05) is 25.7 Å². The minimum Gasteiger partial charge on any atom is -0.456 e. The Bertz CT molecular complexity index is 1350. The maximum Gasteiger partial charge on any atom is 0.303 e. The maximum absolute atomic E-state index is 12.2. The van der Waals surface area contributed by atoms with Crippen molar-refractivity contribution in [3.63, 3.8) is 0 Å². The molecule has 49 heavy (non-hydrogen) atoms. The lowest BCUT2D eigenvalue weighted by Gasteiger charge is -2.48. The molecule has 2 aliphatic heterocycles. The predicted molar refractivity (Wildman–Crippen MR) is 153 cm³/mol. The van der Waals surface area contributed by atoms with Crippen LogP contribution in [0.2, 0.25) is 0 Å². The van der Waals surface area contributed by atoms with E-state index in [4.69, 9.17) is 51.0 Å². The Hall–Kier alpha value is -3.48. The van der Waals surface area contributed by atoms with E-state index >= 15 is 0 Å². The standard InChI is InChI=1S/C26H38O21S2/c1-11(27)39-19-17(9-37-48(7,33)34)45-25(23(43-15(5)31)21(19)41-13(3)29)47-26-24(44-16(6)32)22(42-14(4)30)20(40-12(2)28)18(46-26)10-38-49(8,35)36/h17-26H,9-10H2,1-8H3. The summed E-state index contributed by atoms with van der Waals surface area (Å²) in [6, 6.07) is 0. The summed E-state index contributed by atoms with van der Waals surface area (Å²) >= 11 is 0. The number of carbonyl (C=O) groups excluding carboxylic acids is 6. The molecule has 10 unspecified atom stereocenters. The molecule has 0 N–H and O–H groups in total. The van der Waals surface area contributed by atoms with Crippen molar-refractivity contribution in [2.24, 2.45) is 0 Å². The Kier molecular flexibility index (Phi) is 14.8. The Morgan fingerprint density at radius 3 is 0.939 bits per heavy atom. The molecule has 10 atom stereocenters. The average molecular weight is 751 g/mol.